The SMILES string of the molecule is CCCC1CCC(C2CCC(C(F)(F)Oc3cc(F)c(F)c(F)c3)CC2)CC1.CCCCCC1CCC(C2CCC(C(F)(F)Oc3cc(F)c(C)c(F)c3)CC2)CC1.[HH].[HH].[HH].[HH]. The van der Waals surface area contributed by atoms with Gasteiger partial charge in [-0.05, 0) is 119 Å². The minimum absolute atomic E-state index is 0. The van der Waals surface area contributed by atoms with Crippen LogP contribution in [0.1, 0.15) is 166 Å². The third-order valence-corrected chi connectivity index (χ3v) is 14.2. The van der Waals surface area contributed by atoms with E-state index in [4.69, 9.17) is 4.74 Å². The molecular weight excluding hydrogens is 767 g/mol. The minimum atomic E-state index is -3.53. The normalized spacial score (nSPS) is 28.3. The van der Waals surface area contributed by atoms with Crippen molar-refractivity contribution >= 4 is 0 Å². The van der Waals surface area contributed by atoms with Crippen molar-refractivity contribution in [2.45, 2.75) is 174 Å². The van der Waals surface area contributed by atoms with Gasteiger partial charge in [-0.1, -0.05) is 78.1 Å². The molecule has 0 saturated heterocycles. The fourth-order valence-corrected chi connectivity index (χ4v) is 10.6. The van der Waals surface area contributed by atoms with Crippen molar-refractivity contribution < 1.29 is 54.7 Å². The third-order valence-electron chi connectivity index (χ3n) is 14.2. The fraction of sp³-hybridized carbons (Fsp3) is 0.745. The first-order chi connectivity index (χ1) is 27.6. The van der Waals surface area contributed by atoms with Crippen LogP contribution < -0.4 is 9.47 Å². The van der Waals surface area contributed by atoms with Gasteiger partial charge in [-0.3, -0.25) is 0 Å². The molecule has 4 fully saturated rings. The van der Waals surface area contributed by atoms with Gasteiger partial charge >= 0.3 is 12.2 Å². The van der Waals surface area contributed by atoms with E-state index in [2.05, 4.69) is 18.6 Å². The van der Waals surface area contributed by atoms with Crippen molar-refractivity contribution in [2.24, 2.45) is 47.3 Å². The molecule has 0 amide bonds. The summed E-state index contributed by atoms with van der Waals surface area (Å²) >= 11 is 0. The van der Waals surface area contributed by atoms with E-state index in [1.165, 1.54) is 96.8 Å². The van der Waals surface area contributed by atoms with E-state index >= 15 is 0 Å². The van der Waals surface area contributed by atoms with Crippen LogP contribution in [-0.4, -0.2) is 12.2 Å². The van der Waals surface area contributed by atoms with E-state index < -0.39 is 64.6 Å². The monoisotopic (exact) mass is 841 g/mol. The number of alkyl halides is 4. The molecule has 0 aromatic heterocycles. The van der Waals surface area contributed by atoms with E-state index in [0.717, 1.165) is 49.7 Å². The summed E-state index contributed by atoms with van der Waals surface area (Å²) in [6, 6.07) is 2.62. The highest BCUT2D eigenvalue weighted by Crippen LogP contribution is 2.48. The first-order valence-corrected chi connectivity index (χ1v) is 22.3. The van der Waals surface area contributed by atoms with Crippen LogP contribution in [-0.2, 0) is 0 Å². The van der Waals surface area contributed by atoms with Crippen molar-refractivity contribution in [1.82, 2.24) is 0 Å². The fourth-order valence-electron chi connectivity index (χ4n) is 10.6. The zero-order valence-electron chi connectivity index (χ0n) is 34.7. The summed E-state index contributed by atoms with van der Waals surface area (Å²) in [4.78, 5) is 0. The molecular formula is C47H73F9O2. The molecule has 2 nitrogen and oxygen atoms in total. The molecule has 0 spiro atoms. The summed E-state index contributed by atoms with van der Waals surface area (Å²) in [7, 11) is 0. The molecule has 0 atom stereocenters. The first-order valence-electron chi connectivity index (χ1n) is 22.3. The van der Waals surface area contributed by atoms with Gasteiger partial charge in [0.2, 0.25) is 0 Å². The summed E-state index contributed by atoms with van der Waals surface area (Å²) in [5.74, 6) is -5.50. The van der Waals surface area contributed by atoms with Crippen LogP contribution in [0.3, 0.4) is 0 Å². The average molecular weight is 841 g/mol. The van der Waals surface area contributed by atoms with Crippen molar-refractivity contribution in [3.8, 4) is 11.5 Å². The van der Waals surface area contributed by atoms with Gasteiger partial charge in [0.05, 0.1) is 11.8 Å². The largest absolute Gasteiger partial charge is 0.432 e. The molecule has 4 aliphatic rings. The van der Waals surface area contributed by atoms with Gasteiger partial charge < -0.3 is 9.47 Å². The Bertz CT molecular complexity index is 1530. The highest BCUT2D eigenvalue weighted by atomic mass is 19.3. The smallest absolute Gasteiger partial charge is 0.400 e. The lowest BCUT2D eigenvalue weighted by Gasteiger charge is -2.39. The lowest BCUT2D eigenvalue weighted by molar-refractivity contribution is -0.225. The molecule has 0 radical (unpaired) electrons. The van der Waals surface area contributed by atoms with Gasteiger partial charge in [0.1, 0.15) is 23.1 Å². The highest BCUT2D eigenvalue weighted by Gasteiger charge is 2.46. The van der Waals surface area contributed by atoms with Crippen LogP contribution >= 0.6 is 0 Å². The van der Waals surface area contributed by atoms with E-state index in [1.807, 2.05) is 0 Å². The summed E-state index contributed by atoms with van der Waals surface area (Å²) in [6.45, 7) is 5.72. The topological polar surface area (TPSA) is 18.5 Å². The second-order valence-corrected chi connectivity index (χ2v) is 18.1. The van der Waals surface area contributed by atoms with Gasteiger partial charge in [0.25, 0.3) is 0 Å². The molecule has 2 aromatic rings. The summed E-state index contributed by atoms with van der Waals surface area (Å²) in [5, 5.41) is 0. The van der Waals surface area contributed by atoms with Crippen LogP contribution in [0, 0.1) is 83.4 Å². The number of ether oxygens (including phenoxy) is 2. The maximum Gasteiger partial charge on any atom is 0.400 e. The second kappa shape index (κ2) is 21.3. The molecule has 0 unspecified atom stereocenters. The van der Waals surface area contributed by atoms with Crippen LogP contribution in [0.2, 0.25) is 0 Å². The molecule has 0 bridgehead atoms. The Labute approximate surface area is 346 Å². The van der Waals surface area contributed by atoms with Gasteiger partial charge in [0.15, 0.2) is 17.5 Å². The van der Waals surface area contributed by atoms with E-state index in [-0.39, 0.29) is 11.3 Å². The van der Waals surface area contributed by atoms with Crippen molar-refractivity contribution in [3.05, 3.63) is 58.9 Å². The Morgan fingerprint density at radius 1 is 0.483 bits per heavy atom. The van der Waals surface area contributed by atoms with E-state index in [1.54, 1.807) is 0 Å². The molecule has 6 rings (SSSR count). The Morgan fingerprint density at radius 2 is 0.828 bits per heavy atom. The minimum Gasteiger partial charge on any atom is -0.432 e. The van der Waals surface area contributed by atoms with Gasteiger partial charge in [0, 0.05) is 35.5 Å². The Balaban J connectivity index is 0.000000584. The number of benzene rings is 2. The number of hydrogen-bond donors (Lipinski definition) is 0. The van der Waals surface area contributed by atoms with Crippen LogP contribution in [0.25, 0.3) is 0 Å². The van der Waals surface area contributed by atoms with Crippen LogP contribution in [0.4, 0.5) is 39.5 Å². The molecule has 4 saturated carbocycles. The van der Waals surface area contributed by atoms with Gasteiger partial charge in [-0.2, -0.15) is 17.6 Å². The van der Waals surface area contributed by atoms with Gasteiger partial charge in [-0.15, -0.1) is 0 Å². The Morgan fingerprint density at radius 3 is 1.19 bits per heavy atom. The number of halogens is 9. The van der Waals surface area contributed by atoms with Crippen molar-refractivity contribution in [2.75, 3.05) is 0 Å². The van der Waals surface area contributed by atoms with Gasteiger partial charge in [-0.25, -0.2) is 22.0 Å². The Kier molecular flexibility index (Phi) is 17.0. The number of hydrogen-bond acceptors (Lipinski definition) is 2. The van der Waals surface area contributed by atoms with E-state index in [0.29, 0.717) is 61.5 Å². The van der Waals surface area contributed by atoms with Crippen LogP contribution in [0.5, 0.6) is 11.5 Å². The average Bonchev–Trinajstić information content (AvgIpc) is 3.20. The lowest BCUT2D eigenvalue weighted by atomic mass is 9.68. The summed E-state index contributed by atoms with van der Waals surface area (Å²) in [5.41, 5.74) is -0.189. The van der Waals surface area contributed by atoms with Crippen LogP contribution in [0.15, 0.2) is 24.3 Å². The second-order valence-electron chi connectivity index (χ2n) is 18.1. The first kappa shape index (κ1) is 46.5. The van der Waals surface area contributed by atoms with Crippen molar-refractivity contribution in [1.29, 1.82) is 0 Å². The molecule has 2 aromatic carbocycles. The summed E-state index contributed by atoms with van der Waals surface area (Å²) < 4.78 is 135. The zero-order chi connectivity index (χ0) is 42.0. The quantitative estimate of drug-likeness (QED) is 0.107. The predicted octanol–water partition coefficient (Wildman–Crippen LogP) is 16.9. The molecule has 0 aliphatic heterocycles. The molecule has 11 heteroatoms. The standard InChI is InChI=1S/C25H36F4O.C22H29F5O.4H2/c1-3-4-5-6-18-7-9-19(10-8-18)20-11-13-21(14-12-20)25(28,29)30-22-15-23(26)17(2)24(27)16-22;1-2-3-14-4-6-15(7-5-14)16-8-10-17(11-9-16)22(26,27)28-18-12-19(23)21(25)20(24)13-18;;;;/h15-16,18-21H,3-14H2,1-2H3;12-17H,2-11H2,1H3;4*1H. The number of unbranched alkanes of at least 4 members (excludes halogenated alkanes) is 2. The highest BCUT2D eigenvalue weighted by molar-refractivity contribution is 5.30. The molecule has 4 aliphatic carbocycles. The van der Waals surface area contributed by atoms with Crippen molar-refractivity contribution in [3.63, 3.8) is 0 Å². The molecule has 0 N–H and O–H groups in total. The lowest BCUT2D eigenvalue weighted by Crippen LogP contribution is -2.38. The van der Waals surface area contributed by atoms with E-state index in [9.17, 15) is 39.5 Å². The number of rotatable bonds is 14. The maximum atomic E-state index is 14.7. The molecule has 58 heavy (non-hydrogen) atoms. The Hall–Kier alpha value is -2.59. The zero-order valence-corrected chi connectivity index (χ0v) is 34.7. The molecule has 0 heterocycles. The molecule has 336 valence electrons. The third kappa shape index (κ3) is 12.7. The summed E-state index contributed by atoms with van der Waals surface area (Å²) in [6.07, 6.45) is 15.3. The maximum absolute atomic E-state index is 14.7. The predicted molar refractivity (Wildman–Crippen MR) is 218 cm³/mol.